The third kappa shape index (κ3) is 4.45. The van der Waals surface area contributed by atoms with E-state index in [1.165, 1.54) is 23.8 Å². The van der Waals surface area contributed by atoms with Gasteiger partial charge in [-0.05, 0) is 18.3 Å². The Bertz CT molecular complexity index is 214. The molecule has 1 heterocycles. The molecule has 1 rings (SSSR count). The molecule has 1 aliphatic heterocycles. The van der Waals surface area contributed by atoms with Crippen LogP contribution in [0, 0.1) is 11.8 Å². The third-order valence-corrected chi connectivity index (χ3v) is 3.98. The molecule has 0 saturated carbocycles. The normalized spacial score (nSPS) is 26.7. The number of nitrogens with one attached hydrogen (secondary N) is 1. The molecule has 0 bridgehead atoms. The van der Waals surface area contributed by atoms with Crippen molar-refractivity contribution in [3.8, 4) is 0 Å². The summed E-state index contributed by atoms with van der Waals surface area (Å²) in [6.45, 7) is 10.0. The highest BCUT2D eigenvalue weighted by Crippen LogP contribution is 2.19. The van der Waals surface area contributed by atoms with Crippen LogP contribution in [0.15, 0.2) is 4.99 Å². The average Bonchev–Trinajstić information content (AvgIpc) is 2.26. The maximum Gasteiger partial charge on any atom is 0.156 e. The summed E-state index contributed by atoms with van der Waals surface area (Å²) in [7, 11) is 0. The van der Waals surface area contributed by atoms with Gasteiger partial charge in [0, 0.05) is 18.3 Å². The smallest absolute Gasteiger partial charge is 0.156 e. The van der Waals surface area contributed by atoms with Crippen LogP contribution >= 0.6 is 11.8 Å². The lowest BCUT2D eigenvalue weighted by molar-refractivity contribution is 0.441. The summed E-state index contributed by atoms with van der Waals surface area (Å²) in [5, 5.41) is 4.71. The first-order chi connectivity index (χ1) is 7.13. The van der Waals surface area contributed by atoms with Crippen molar-refractivity contribution in [2.45, 2.75) is 46.6 Å². The predicted molar refractivity (Wildman–Crippen MR) is 70.6 cm³/mol. The molecule has 1 aliphatic rings. The molecule has 88 valence electrons. The lowest BCUT2D eigenvalue weighted by atomic mass is 10.0. The molecular weight excluding hydrogens is 204 g/mol. The molecule has 0 aliphatic carbocycles. The molecule has 0 amide bonds. The first-order valence-electron chi connectivity index (χ1n) is 6.07. The van der Waals surface area contributed by atoms with Crippen LogP contribution in [0.2, 0.25) is 0 Å². The third-order valence-electron chi connectivity index (χ3n) is 3.02. The Morgan fingerprint density at radius 1 is 1.47 bits per heavy atom. The van der Waals surface area contributed by atoms with Crippen LogP contribution in [0.3, 0.4) is 0 Å². The largest absolute Gasteiger partial charge is 0.362 e. The molecule has 1 N–H and O–H groups in total. The lowest BCUT2D eigenvalue weighted by Gasteiger charge is -2.28. The van der Waals surface area contributed by atoms with E-state index in [1.54, 1.807) is 0 Å². The number of rotatable bonds is 4. The fourth-order valence-corrected chi connectivity index (χ4v) is 2.48. The van der Waals surface area contributed by atoms with Crippen molar-refractivity contribution in [2.75, 3.05) is 12.3 Å². The van der Waals surface area contributed by atoms with Gasteiger partial charge in [-0.15, -0.1) is 0 Å². The molecule has 0 spiro atoms. The standard InChI is InChI=1S/C12H24N2S/c1-5-10(4)8-13-12-14-11(9(2)3)6-7-15-12/h9-11H,5-8H2,1-4H3,(H,13,14). The van der Waals surface area contributed by atoms with Crippen molar-refractivity contribution in [1.29, 1.82) is 0 Å². The lowest BCUT2D eigenvalue weighted by Crippen LogP contribution is -2.41. The highest BCUT2D eigenvalue weighted by Gasteiger charge is 2.19. The Kier molecular flexibility index (Phi) is 5.51. The monoisotopic (exact) mass is 228 g/mol. The quantitative estimate of drug-likeness (QED) is 0.799. The van der Waals surface area contributed by atoms with Gasteiger partial charge in [-0.1, -0.05) is 45.9 Å². The molecular formula is C12H24N2S. The summed E-state index contributed by atoms with van der Waals surface area (Å²) in [6, 6.07) is 0.627. The van der Waals surface area contributed by atoms with Gasteiger partial charge in [0.25, 0.3) is 0 Å². The van der Waals surface area contributed by atoms with Gasteiger partial charge in [0.1, 0.15) is 0 Å². The molecule has 0 aromatic heterocycles. The summed E-state index contributed by atoms with van der Waals surface area (Å²) >= 11 is 1.88. The molecule has 0 radical (unpaired) electrons. The fraction of sp³-hybridized carbons (Fsp3) is 0.917. The molecule has 2 unspecified atom stereocenters. The molecule has 3 heteroatoms. The van der Waals surface area contributed by atoms with E-state index in [4.69, 9.17) is 0 Å². The van der Waals surface area contributed by atoms with Crippen LogP contribution in [0.4, 0.5) is 0 Å². The van der Waals surface area contributed by atoms with Crippen LogP contribution in [0.5, 0.6) is 0 Å². The maximum absolute atomic E-state index is 4.66. The van der Waals surface area contributed by atoms with Gasteiger partial charge in [0.2, 0.25) is 0 Å². The second-order valence-electron chi connectivity index (χ2n) is 4.79. The number of hydrogen-bond donors (Lipinski definition) is 1. The van der Waals surface area contributed by atoms with Crippen LogP contribution in [0.1, 0.15) is 40.5 Å². The van der Waals surface area contributed by atoms with E-state index in [-0.39, 0.29) is 0 Å². The van der Waals surface area contributed by atoms with E-state index in [0.29, 0.717) is 17.9 Å². The predicted octanol–water partition coefficient (Wildman–Crippen LogP) is 3.14. The minimum atomic E-state index is 0.627. The Morgan fingerprint density at radius 3 is 2.80 bits per heavy atom. The highest BCUT2D eigenvalue weighted by atomic mass is 32.2. The molecule has 2 atom stereocenters. The number of nitrogens with zero attached hydrogens (tertiary/aromatic N) is 1. The molecule has 0 aromatic carbocycles. The molecule has 1 fully saturated rings. The summed E-state index contributed by atoms with van der Waals surface area (Å²) in [5.74, 6) is 2.63. The Morgan fingerprint density at radius 2 is 2.20 bits per heavy atom. The van der Waals surface area contributed by atoms with Gasteiger partial charge in [-0.25, -0.2) is 0 Å². The SMILES string of the molecule is CCC(C)CN=C1NC(C(C)C)CCS1. The van der Waals surface area contributed by atoms with Crippen molar-refractivity contribution in [3.63, 3.8) is 0 Å². The highest BCUT2D eigenvalue weighted by molar-refractivity contribution is 8.13. The first-order valence-corrected chi connectivity index (χ1v) is 7.05. The maximum atomic E-state index is 4.66. The van der Waals surface area contributed by atoms with Gasteiger partial charge in [0.15, 0.2) is 5.17 Å². The van der Waals surface area contributed by atoms with Gasteiger partial charge in [-0.3, -0.25) is 4.99 Å². The number of aliphatic imine (C=N–C) groups is 1. The summed E-state index contributed by atoms with van der Waals surface area (Å²) in [5.41, 5.74) is 0. The van der Waals surface area contributed by atoms with Crippen molar-refractivity contribution >= 4 is 16.9 Å². The van der Waals surface area contributed by atoms with Gasteiger partial charge >= 0.3 is 0 Å². The van der Waals surface area contributed by atoms with Gasteiger partial charge < -0.3 is 5.32 Å². The van der Waals surface area contributed by atoms with Gasteiger partial charge in [-0.2, -0.15) is 0 Å². The number of amidine groups is 1. The van der Waals surface area contributed by atoms with Crippen molar-refractivity contribution in [1.82, 2.24) is 5.32 Å². The summed E-state index contributed by atoms with van der Waals surface area (Å²) in [6.07, 6.45) is 2.49. The second kappa shape index (κ2) is 6.41. The fourth-order valence-electron chi connectivity index (χ4n) is 1.51. The topological polar surface area (TPSA) is 24.4 Å². The van der Waals surface area contributed by atoms with Crippen molar-refractivity contribution < 1.29 is 0 Å². The number of hydrogen-bond acceptors (Lipinski definition) is 2. The molecule has 15 heavy (non-hydrogen) atoms. The van der Waals surface area contributed by atoms with Crippen LogP contribution < -0.4 is 5.32 Å². The van der Waals surface area contributed by atoms with Gasteiger partial charge in [0.05, 0.1) is 0 Å². The second-order valence-corrected chi connectivity index (χ2v) is 5.87. The van der Waals surface area contributed by atoms with E-state index < -0.39 is 0 Å². The Balaban J connectivity index is 2.41. The first kappa shape index (κ1) is 12.9. The molecule has 1 saturated heterocycles. The van der Waals surface area contributed by atoms with Crippen molar-refractivity contribution in [3.05, 3.63) is 0 Å². The molecule has 0 aromatic rings. The van der Waals surface area contributed by atoms with E-state index in [9.17, 15) is 0 Å². The minimum absolute atomic E-state index is 0.627. The van der Waals surface area contributed by atoms with Crippen LogP contribution in [-0.2, 0) is 0 Å². The van der Waals surface area contributed by atoms with E-state index in [2.05, 4.69) is 38.0 Å². The number of thioether (sulfide) groups is 1. The van der Waals surface area contributed by atoms with E-state index >= 15 is 0 Å². The summed E-state index contributed by atoms with van der Waals surface area (Å²) < 4.78 is 0. The minimum Gasteiger partial charge on any atom is -0.362 e. The zero-order chi connectivity index (χ0) is 11.3. The zero-order valence-corrected chi connectivity index (χ0v) is 11.2. The molecule has 2 nitrogen and oxygen atoms in total. The van der Waals surface area contributed by atoms with Crippen LogP contribution in [0.25, 0.3) is 0 Å². The summed E-state index contributed by atoms with van der Waals surface area (Å²) in [4.78, 5) is 4.66. The van der Waals surface area contributed by atoms with Crippen molar-refractivity contribution in [2.24, 2.45) is 16.8 Å². The average molecular weight is 228 g/mol. The Hall–Kier alpha value is -0.180. The Labute approximate surface area is 98.3 Å². The van der Waals surface area contributed by atoms with E-state index in [1.807, 2.05) is 11.8 Å². The van der Waals surface area contributed by atoms with Crippen LogP contribution in [-0.4, -0.2) is 23.5 Å². The zero-order valence-electron chi connectivity index (χ0n) is 10.4. The van der Waals surface area contributed by atoms with E-state index in [0.717, 1.165) is 6.54 Å².